The van der Waals surface area contributed by atoms with Crippen LogP contribution in [0.25, 0.3) is 0 Å². The van der Waals surface area contributed by atoms with E-state index in [-0.39, 0.29) is 0 Å². The number of hydrogen-bond donors (Lipinski definition) is 1. The molecule has 15 heavy (non-hydrogen) atoms. The highest BCUT2D eigenvalue weighted by Crippen LogP contribution is 2.15. The fourth-order valence-electron chi connectivity index (χ4n) is 1.09. The molecule has 0 aliphatic heterocycles. The van der Waals surface area contributed by atoms with Gasteiger partial charge in [-0.3, -0.25) is 0 Å². The molecule has 0 aliphatic rings. The topological polar surface area (TPSA) is 46.2 Å². The van der Waals surface area contributed by atoms with E-state index in [1.54, 1.807) is 17.5 Å². The number of nitrogens with one attached hydrogen (secondary N) is 1. The molecule has 0 saturated heterocycles. The number of sulfonamides is 1. The van der Waals surface area contributed by atoms with Gasteiger partial charge >= 0.3 is 0 Å². The lowest BCUT2D eigenvalue weighted by molar-refractivity contribution is 0.578. The van der Waals surface area contributed by atoms with Crippen LogP contribution in [0.15, 0.2) is 21.7 Å². The van der Waals surface area contributed by atoms with Gasteiger partial charge in [0, 0.05) is 6.54 Å². The van der Waals surface area contributed by atoms with Crippen molar-refractivity contribution in [1.29, 1.82) is 0 Å². The average Bonchev–Trinajstić information content (AvgIpc) is 2.70. The minimum atomic E-state index is -3.24. The minimum Gasteiger partial charge on any atom is -0.210 e. The number of rotatable bonds is 7. The molecule has 6 heteroatoms. The summed E-state index contributed by atoms with van der Waals surface area (Å²) >= 11 is 3.57. The van der Waals surface area contributed by atoms with Crippen LogP contribution in [0.2, 0.25) is 0 Å². The molecule has 0 fully saturated rings. The summed E-state index contributed by atoms with van der Waals surface area (Å²) in [6.07, 6.45) is 3.14. The standard InChI is InChI=1S/C9H14INO2S2/c10-6-2-1-3-7-11-15(12,13)9-5-4-8-14-9/h4-5,8,11H,1-3,6-7H2. The largest absolute Gasteiger partial charge is 0.250 e. The SMILES string of the molecule is O=S(=O)(NCCCCCI)c1cccs1. The van der Waals surface area contributed by atoms with E-state index < -0.39 is 10.0 Å². The first-order chi connectivity index (χ1) is 7.17. The Labute approximate surface area is 108 Å². The van der Waals surface area contributed by atoms with Crippen molar-refractivity contribution in [2.45, 2.75) is 23.5 Å². The molecule has 0 aromatic carbocycles. The molecule has 1 heterocycles. The van der Waals surface area contributed by atoms with Gasteiger partial charge in [0.1, 0.15) is 4.21 Å². The number of alkyl halides is 1. The summed E-state index contributed by atoms with van der Waals surface area (Å²) in [5.41, 5.74) is 0. The number of unbranched alkanes of at least 4 members (excludes halogenated alkanes) is 2. The summed E-state index contributed by atoms with van der Waals surface area (Å²) in [7, 11) is -3.24. The summed E-state index contributed by atoms with van der Waals surface area (Å²) in [6.45, 7) is 0.539. The third-order valence-corrected chi connectivity index (χ3v) is 5.48. The molecule has 0 saturated carbocycles. The summed E-state index contributed by atoms with van der Waals surface area (Å²) in [5.74, 6) is 0. The van der Waals surface area contributed by atoms with Gasteiger partial charge in [-0.2, -0.15) is 0 Å². The molecule has 1 N–H and O–H groups in total. The van der Waals surface area contributed by atoms with Crippen molar-refractivity contribution in [2.75, 3.05) is 11.0 Å². The molecule has 1 rings (SSSR count). The van der Waals surface area contributed by atoms with Gasteiger partial charge in [-0.15, -0.1) is 11.3 Å². The van der Waals surface area contributed by atoms with Gasteiger partial charge in [0.05, 0.1) is 0 Å². The second-order valence-corrected chi connectivity index (χ2v) is 7.10. The Morgan fingerprint density at radius 3 is 2.73 bits per heavy atom. The van der Waals surface area contributed by atoms with Crippen LogP contribution >= 0.6 is 33.9 Å². The Kier molecular flexibility index (Phi) is 6.10. The van der Waals surface area contributed by atoms with Crippen molar-refractivity contribution in [2.24, 2.45) is 0 Å². The van der Waals surface area contributed by atoms with Gasteiger partial charge in [-0.1, -0.05) is 35.1 Å². The van der Waals surface area contributed by atoms with Crippen LogP contribution < -0.4 is 4.72 Å². The molecule has 0 amide bonds. The normalized spacial score (nSPS) is 11.8. The monoisotopic (exact) mass is 359 g/mol. The smallest absolute Gasteiger partial charge is 0.210 e. The van der Waals surface area contributed by atoms with E-state index in [0.717, 1.165) is 23.7 Å². The van der Waals surface area contributed by atoms with E-state index in [4.69, 9.17) is 0 Å². The van der Waals surface area contributed by atoms with Crippen molar-refractivity contribution in [3.05, 3.63) is 17.5 Å². The summed E-state index contributed by atoms with van der Waals surface area (Å²) < 4.78 is 27.4. The number of hydrogen-bond acceptors (Lipinski definition) is 3. The minimum absolute atomic E-state index is 0.399. The van der Waals surface area contributed by atoms with Crippen molar-refractivity contribution >= 4 is 44.0 Å². The maximum absolute atomic E-state index is 11.6. The second kappa shape index (κ2) is 6.82. The van der Waals surface area contributed by atoms with E-state index in [9.17, 15) is 8.42 Å². The van der Waals surface area contributed by atoms with Gasteiger partial charge in [-0.05, 0) is 28.7 Å². The van der Waals surface area contributed by atoms with Gasteiger partial charge in [0.15, 0.2) is 0 Å². The first-order valence-electron chi connectivity index (χ1n) is 4.76. The van der Waals surface area contributed by atoms with Crippen LogP contribution in [0.4, 0.5) is 0 Å². The van der Waals surface area contributed by atoms with Crippen molar-refractivity contribution in [3.8, 4) is 0 Å². The summed E-state index contributed by atoms with van der Waals surface area (Å²) in [6, 6.07) is 3.37. The zero-order chi connectivity index (χ0) is 11.1. The van der Waals surface area contributed by atoms with Gasteiger partial charge in [0.25, 0.3) is 0 Å². The van der Waals surface area contributed by atoms with E-state index in [1.165, 1.54) is 11.3 Å². The zero-order valence-corrected chi connectivity index (χ0v) is 12.1. The molecule has 86 valence electrons. The van der Waals surface area contributed by atoms with Crippen molar-refractivity contribution in [3.63, 3.8) is 0 Å². The van der Waals surface area contributed by atoms with E-state index in [0.29, 0.717) is 10.8 Å². The van der Waals surface area contributed by atoms with Crippen LogP contribution in [0, 0.1) is 0 Å². The van der Waals surface area contributed by atoms with E-state index in [1.807, 2.05) is 0 Å². The first kappa shape index (κ1) is 13.4. The van der Waals surface area contributed by atoms with Crippen molar-refractivity contribution < 1.29 is 8.42 Å². The molecule has 0 unspecified atom stereocenters. The molecule has 0 radical (unpaired) electrons. The molecule has 0 spiro atoms. The highest BCUT2D eigenvalue weighted by Gasteiger charge is 2.13. The molecule has 1 aromatic heterocycles. The molecule has 0 atom stereocenters. The van der Waals surface area contributed by atoms with Gasteiger partial charge in [0.2, 0.25) is 10.0 Å². The van der Waals surface area contributed by atoms with Crippen LogP contribution in [-0.4, -0.2) is 19.4 Å². The van der Waals surface area contributed by atoms with Crippen molar-refractivity contribution in [1.82, 2.24) is 4.72 Å². The molecule has 0 bridgehead atoms. The molecular formula is C9H14INO2S2. The average molecular weight is 359 g/mol. The van der Waals surface area contributed by atoms with Gasteiger partial charge in [-0.25, -0.2) is 13.1 Å². The lowest BCUT2D eigenvalue weighted by Crippen LogP contribution is -2.23. The van der Waals surface area contributed by atoms with Crippen LogP contribution in [0.5, 0.6) is 0 Å². The molecular weight excluding hydrogens is 345 g/mol. The zero-order valence-electron chi connectivity index (χ0n) is 8.28. The highest BCUT2D eigenvalue weighted by molar-refractivity contribution is 14.1. The van der Waals surface area contributed by atoms with E-state index >= 15 is 0 Å². The first-order valence-corrected chi connectivity index (χ1v) is 8.65. The quantitative estimate of drug-likeness (QED) is 0.462. The van der Waals surface area contributed by atoms with Crippen LogP contribution in [0.1, 0.15) is 19.3 Å². The fourth-order valence-corrected chi connectivity index (χ4v) is 3.74. The summed E-state index contributed by atoms with van der Waals surface area (Å²) in [4.78, 5) is 0. The Bertz CT molecular complexity index is 361. The van der Waals surface area contributed by atoms with Gasteiger partial charge < -0.3 is 0 Å². The third-order valence-electron chi connectivity index (χ3n) is 1.86. The third kappa shape index (κ3) is 4.80. The number of halogens is 1. The second-order valence-electron chi connectivity index (χ2n) is 3.08. The lowest BCUT2D eigenvalue weighted by atomic mass is 10.3. The maximum Gasteiger partial charge on any atom is 0.250 e. The molecule has 1 aromatic rings. The Hall–Kier alpha value is 0.340. The molecule has 3 nitrogen and oxygen atoms in total. The highest BCUT2D eigenvalue weighted by atomic mass is 127. The Morgan fingerprint density at radius 2 is 2.13 bits per heavy atom. The maximum atomic E-state index is 11.6. The lowest BCUT2D eigenvalue weighted by Gasteiger charge is -2.03. The predicted molar refractivity (Wildman–Crippen MR) is 72.2 cm³/mol. The fraction of sp³-hybridized carbons (Fsp3) is 0.556. The van der Waals surface area contributed by atoms with Crippen LogP contribution in [-0.2, 0) is 10.0 Å². The Balaban J connectivity index is 2.32. The summed E-state index contributed by atoms with van der Waals surface area (Å²) in [5, 5.41) is 1.77. The van der Waals surface area contributed by atoms with Crippen LogP contribution in [0.3, 0.4) is 0 Å². The van der Waals surface area contributed by atoms with E-state index in [2.05, 4.69) is 27.3 Å². The molecule has 0 aliphatic carbocycles. The Morgan fingerprint density at radius 1 is 1.33 bits per heavy atom. The number of thiophene rings is 1. The predicted octanol–water partition coefficient (Wildman–Crippen LogP) is 2.63.